The fourth-order valence-corrected chi connectivity index (χ4v) is 5.03. The van der Waals surface area contributed by atoms with E-state index in [9.17, 15) is 22.8 Å². The molecule has 0 aliphatic carbocycles. The van der Waals surface area contributed by atoms with Crippen molar-refractivity contribution in [3.05, 3.63) is 95.6 Å². The van der Waals surface area contributed by atoms with Crippen molar-refractivity contribution in [3.8, 4) is 0 Å². The van der Waals surface area contributed by atoms with Crippen molar-refractivity contribution in [3.63, 3.8) is 0 Å². The molecule has 0 unspecified atom stereocenters. The number of carbonyl (C=O) groups is 3. The molecule has 0 fully saturated rings. The van der Waals surface area contributed by atoms with Crippen LogP contribution < -0.4 is 9.79 Å². The van der Waals surface area contributed by atoms with E-state index in [1.54, 1.807) is 88.4 Å². The molecule has 1 aliphatic heterocycles. The SMILES string of the molecule is CCCS(=O)(=O)Nc1ccc2c(c1)N(OC(=O)C(C)(C)C)C(=O)/C2=C(\OC(=O)c1ccccc1)c1ccccc1. The van der Waals surface area contributed by atoms with Gasteiger partial charge in [0.25, 0.3) is 5.91 Å². The molecule has 0 atom stereocenters. The first-order valence-corrected chi connectivity index (χ1v) is 14.3. The van der Waals surface area contributed by atoms with Crippen molar-refractivity contribution < 1.29 is 32.4 Å². The predicted octanol–water partition coefficient (Wildman–Crippen LogP) is 5.41. The number of ether oxygens (including phenoxy) is 1. The van der Waals surface area contributed by atoms with Crippen LogP contribution in [-0.4, -0.2) is 32.0 Å². The zero-order valence-corrected chi connectivity index (χ0v) is 23.4. The number of sulfonamides is 1. The average Bonchev–Trinajstić information content (AvgIpc) is 3.17. The minimum absolute atomic E-state index is 0.0184. The van der Waals surface area contributed by atoms with Gasteiger partial charge in [-0.1, -0.05) is 55.5 Å². The van der Waals surface area contributed by atoms with Gasteiger partial charge in [-0.05, 0) is 57.5 Å². The summed E-state index contributed by atoms with van der Waals surface area (Å²) in [6.07, 6.45) is 0.411. The molecule has 9 nitrogen and oxygen atoms in total. The van der Waals surface area contributed by atoms with Gasteiger partial charge < -0.3 is 9.57 Å². The number of esters is 1. The number of nitrogens with zero attached hydrogens (tertiary/aromatic N) is 1. The zero-order chi connectivity index (χ0) is 29.1. The van der Waals surface area contributed by atoms with Crippen molar-refractivity contribution in [1.29, 1.82) is 0 Å². The number of fused-ring (bicyclic) bond motifs is 1. The summed E-state index contributed by atoms with van der Waals surface area (Å²) in [7, 11) is -3.64. The Labute approximate surface area is 233 Å². The molecule has 3 aromatic carbocycles. The monoisotopic (exact) mass is 562 g/mol. The summed E-state index contributed by atoms with van der Waals surface area (Å²) in [6, 6.07) is 21.4. The number of carbonyl (C=O) groups excluding carboxylic acids is 3. The van der Waals surface area contributed by atoms with Crippen molar-refractivity contribution in [1.82, 2.24) is 0 Å². The van der Waals surface area contributed by atoms with Crippen LogP contribution in [0, 0.1) is 5.41 Å². The topological polar surface area (TPSA) is 119 Å². The molecule has 3 aromatic rings. The molecule has 1 N–H and O–H groups in total. The normalized spacial score (nSPS) is 14.4. The van der Waals surface area contributed by atoms with E-state index in [0.717, 1.165) is 5.06 Å². The van der Waals surface area contributed by atoms with Crippen LogP contribution >= 0.6 is 0 Å². The van der Waals surface area contributed by atoms with E-state index in [4.69, 9.17) is 9.57 Å². The number of hydrogen-bond acceptors (Lipinski definition) is 7. The molecule has 1 aliphatic rings. The smallest absolute Gasteiger partial charge is 0.343 e. The predicted molar refractivity (Wildman–Crippen MR) is 152 cm³/mol. The highest BCUT2D eigenvalue weighted by atomic mass is 32.2. The number of anilines is 2. The van der Waals surface area contributed by atoms with Gasteiger partial charge in [-0.2, -0.15) is 0 Å². The van der Waals surface area contributed by atoms with E-state index in [2.05, 4.69) is 4.72 Å². The number of benzene rings is 3. The minimum atomic E-state index is -3.64. The molecule has 208 valence electrons. The Morgan fingerprint density at radius 1 is 0.900 bits per heavy atom. The first-order valence-electron chi connectivity index (χ1n) is 12.7. The molecule has 0 saturated carbocycles. The second kappa shape index (κ2) is 11.4. The number of amides is 1. The molecular formula is C30H30N2O7S. The molecule has 10 heteroatoms. The lowest BCUT2D eigenvalue weighted by Crippen LogP contribution is -2.35. The number of hydroxylamine groups is 1. The van der Waals surface area contributed by atoms with Gasteiger partial charge in [-0.25, -0.2) is 18.0 Å². The van der Waals surface area contributed by atoms with E-state index >= 15 is 0 Å². The first kappa shape index (κ1) is 28.6. The number of nitrogens with one attached hydrogen (secondary N) is 1. The molecule has 4 rings (SSSR count). The minimum Gasteiger partial charge on any atom is -0.421 e. The van der Waals surface area contributed by atoms with Gasteiger partial charge in [0, 0.05) is 11.1 Å². The van der Waals surface area contributed by atoms with Gasteiger partial charge in [0.1, 0.15) is 0 Å². The summed E-state index contributed by atoms with van der Waals surface area (Å²) >= 11 is 0. The molecule has 0 spiro atoms. The van der Waals surface area contributed by atoms with Gasteiger partial charge in [0.2, 0.25) is 10.0 Å². The second-order valence-corrected chi connectivity index (χ2v) is 12.0. The lowest BCUT2D eigenvalue weighted by atomic mass is 9.98. The van der Waals surface area contributed by atoms with Crippen LogP contribution in [0.3, 0.4) is 0 Å². The van der Waals surface area contributed by atoms with Crippen LogP contribution in [0.2, 0.25) is 0 Å². The van der Waals surface area contributed by atoms with Crippen LogP contribution in [0.25, 0.3) is 11.3 Å². The first-order chi connectivity index (χ1) is 18.9. The molecule has 0 aromatic heterocycles. The van der Waals surface area contributed by atoms with E-state index in [0.29, 0.717) is 17.5 Å². The van der Waals surface area contributed by atoms with E-state index < -0.39 is 33.3 Å². The van der Waals surface area contributed by atoms with Crippen LogP contribution in [-0.2, 0) is 29.2 Å². The summed E-state index contributed by atoms with van der Waals surface area (Å²) in [5.41, 5.74) is 0.353. The third-order valence-corrected chi connectivity index (χ3v) is 7.38. The highest BCUT2D eigenvalue weighted by molar-refractivity contribution is 7.92. The third-order valence-electron chi connectivity index (χ3n) is 5.88. The van der Waals surface area contributed by atoms with Crippen LogP contribution in [0.4, 0.5) is 11.4 Å². The summed E-state index contributed by atoms with van der Waals surface area (Å²) in [4.78, 5) is 45.4. The maximum Gasteiger partial charge on any atom is 0.343 e. The maximum atomic E-state index is 13.9. The molecule has 1 amide bonds. The number of hydrogen-bond donors (Lipinski definition) is 1. The Morgan fingerprint density at radius 3 is 2.08 bits per heavy atom. The molecule has 40 heavy (non-hydrogen) atoms. The zero-order valence-electron chi connectivity index (χ0n) is 22.6. The summed E-state index contributed by atoms with van der Waals surface area (Å²) in [5.74, 6) is -2.25. The Morgan fingerprint density at radius 2 is 1.50 bits per heavy atom. The van der Waals surface area contributed by atoms with Gasteiger partial charge >= 0.3 is 11.9 Å². The Balaban J connectivity index is 1.89. The molecular weight excluding hydrogens is 532 g/mol. The lowest BCUT2D eigenvalue weighted by Gasteiger charge is -2.22. The fraction of sp³-hybridized carbons (Fsp3) is 0.233. The van der Waals surface area contributed by atoms with Crippen molar-refractivity contribution >= 4 is 50.6 Å². The average molecular weight is 563 g/mol. The Bertz CT molecular complexity index is 1580. The van der Waals surface area contributed by atoms with Crippen LogP contribution in [0.1, 0.15) is 55.6 Å². The van der Waals surface area contributed by atoms with Gasteiger partial charge in [0.15, 0.2) is 5.76 Å². The number of rotatable bonds is 8. The van der Waals surface area contributed by atoms with Crippen LogP contribution in [0.5, 0.6) is 0 Å². The largest absolute Gasteiger partial charge is 0.421 e. The fourth-order valence-electron chi connectivity index (χ4n) is 3.90. The maximum absolute atomic E-state index is 13.9. The summed E-state index contributed by atoms with van der Waals surface area (Å²) in [6.45, 7) is 6.66. The summed E-state index contributed by atoms with van der Waals surface area (Å²) in [5, 5.41) is 0.815. The quantitative estimate of drug-likeness (QED) is 0.221. The summed E-state index contributed by atoms with van der Waals surface area (Å²) < 4.78 is 33.2. The third kappa shape index (κ3) is 6.23. The Hall–Kier alpha value is -4.44. The highest BCUT2D eigenvalue weighted by Gasteiger charge is 2.41. The van der Waals surface area contributed by atoms with E-state index in [1.807, 2.05) is 0 Å². The standard InChI is InChI=1S/C30H30N2O7S/c1-5-18-40(36,37)31-22-16-17-23-24(19-22)32(39-29(35)30(2,3)4)27(33)25(23)26(20-12-8-6-9-13-20)38-28(34)21-14-10-7-11-15-21/h6-17,19,31H,5,18H2,1-4H3/b26-25-. The molecule has 0 radical (unpaired) electrons. The van der Waals surface area contributed by atoms with Crippen LogP contribution in [0.15, 0.2) is 78.9 Å². The van der Waals surface area contributed by atoms with Gasteiger partial charge in [0.05, 0.1) is 33.7 Å². The van der Waals surface area contributed by atoms with Gasteiger partial charge in [-0.3, -0.25) is 9.52 Å². The van der Waals surface area contributed by atoms with E-state index in [-0.39, 0.29) is 34.0 Å². The van der Waals surface area contributed by atoms with Crippen molar-refractivity contribution in [2.75, 3.05) is 15.5 Å². The second-order valence-electron chi connectivity index (χ2n) is 10.2. The van der Waals surface area contributed by atoms with E-state index in [1.165, 1.54) is 18.2 Å². The van der Waals surface area contributed by atoms with Gasteiger partial charge in [-0.15, -0.1) is 5.06 Å². The van der Waals surface area contributed by atoms with Crippen molar-refractivity contribution in [2.24, 2.45) is 5.41 Å². The highest BCUT2D eigenvalue weighted by Crippen LogP contribution is 2.43. The molecule has 1 heterocycles. The lowest BCUT2D eigenvalue weighted by molar-refractivity contribution is -0.157. The molecule has 0 saturated heterocycles. The molecule has 0 bridgehead atoms. The van der Waals surface area contributed by atoms with Crippen molar-refractivity contribution in [2.45, 2.75) is 34.1 Å². The Kier molecular flexibility index (Phi) is 8.11.